The van der Waals surface area contributed by atoms with Gasteiger partial charge in [-0.1, -0.05) is 0 Å². The van der Waals surface area contributed by atoms with Crippen molar-refractivity contribution < 1.29 is 18.0 Å². The number of fused-ring (bicyclic) bond motifs is 1. The Morgan fingerprint density at radius 1 is 1.00 bits per heavy atom. The van der Waals surface area contributed by atoms with Gasteiger partial charge < -0.3 is 14.2 Å². The van der Waals surface area contributed by atoms with E-state index >= 15 is 0 Å². The second-order valence-corrected chi connectivity index (χ2v) is 5.35. The number of amides is 1. The number of benzene rings is 2. The van der Waals surface area contributed by atoms with Crippen molar-refractivity contribution in [2.24, 2.45) is 0 Å². The van der Waals surface area contributed by atoms with Gasteiger partial charge in [-0.05, 0) is 54.6 Å². The Morgan fingerprint density at radius 3 is 2.60 bits per heavy atom. The van der Waals surface area contributed by atoms with E-state index in [2.05, 4.69) is 10.3 Å². The molecule has 0 aliphatic rings. The SMILES string of the molecule is O=C(Nc1ccc2oc(=O)[nH]c2c1)c1ccc(-c2ccc(F)cc2)o1. The molecule has 6 nitrogen and oxygen atoms in total. The van der Waals surface area contributed by atoms with Crippen molar-refractivity contribution in [3.05, 3.63) is 76.7 Å². The fraction of sp³-hybridized carbons (Fsp3) is 0. The zero-order chi connectivity index (χ0) is 17.4. The molecule has 0 aliphatic heterocycles. The summed E-state index contributed by atoms with van der Waals surface area (Å²) in [4.78, 5) is 26.0. The number of furan rings is 1. The second-order valence-electron chi connectivity index (χ2n) is 5.35. The van der Waals surface area contributed by atoms with Gasteiger partial charge in [0.25, 0.3) is 5.91 Å². The predicted octanol–water partition coefficient (Wildman–Crippen LogP) is 3.77. The minimum absolute atomic E-state index is 0.111. The number of carbonyl (C=O) groups excluding carboxylic acids is 1. The van der Waals surface area contributed by atoms with Gasteiger partial charge in [0, 0.05) is 11.3 Å². The Morgan fingerprint density at radius 2 is 1.80 bits per heavy atom. The standard InChI is InChI=1S/C18H11FN2O4/c19-11-3-1-10(2-4-11)14-7-8-16(24-14)17(22)20-12-5-6-15-13(9-12)21-18(23)25-15/h1-9H,(H,20,22)(H,21,23). The lowest BCUT2D eigenvalue weighted by atomic mass is 10.2. The Bertz CT molecular complexity index is 1120. The summed E-state index contributed by atoms with van der Waals surface area (Å²) in [6.07, 6.45) is 0. The Balaban J connectivity index is 1.56. The molecule has 2 aromatic carbocycles. The number of anilines is 1. The van der Waals surface area contributed by atoms with Gasteiger partial charge in [0.1, 0.15) is 11.6 Å². The van der Waals surface area contributed by atoms with Crippen LogP contribution in [0.2, 0.25) is 0 Å². The maximum absolute atomic E-state index is 13.0. The molecular weight excluding hydrogens is 327 g/mol. The minimum Gasteiger partial charge on any atom is -0.451 e. The minimum atomic E-state index is -0.562. The molecule has 7 heteroatoms. The number of H-pyrrole nitrogens is 1. The van der Waals surface area contributed by atoms with Crippen LogP contribution in [0.5, 0.6) is 0 Å². The molecule has 0 spiro atoms. The first kappa shape index (κ1) is 14.9. The highest BCUT2D eigenvalue weighted by Gasteiger charge is 2.13. The predicted molar refractivity (Wildman–Crippen MR) is 88.9 cm³/mol. The van der Waals surface area contributed by atoms with Crippen LogP contribution in [-0.4, -0.2) is 10.9 Å². The van der Waals surface area contributed by atoms with Crippen molar-refractivity contribution in [2.75, 3.05) is 5.32 Å². The quantitative estimate of drug-likeness (QED) is 0.595. The van der Waals surface area contributed by atoms with E-state index in [1.807, 2.05) is 0 Å². The second kappa shape index (κ2) is 5.79. The summed E-state index contributed by atoms with van der Waals surface area (Å²) in [6, 6.07) is 13.7. The molecule has 0 bridgehead atoms. The molecule has 2 heterocycles. The van der Waals surface area contributed by atoms with Crippen LogP contribution in [0, 0.1) is 5.82 Å². The molecule has 1 amide bonds. The van der Waals surface area contributed by atoms with Gasteiger partial charge >= 0.3 is 5.76 Å². The molecule has 0 saturated carbocycles. The maximum atomic E-state index is 13.0. The molecule has 2 N–H and O–H groups in total. The summed E-state index contributed by atoms with van der Waals surface area (Å²) in [5.41, 5.74) is 2.03. The van der Waals surface area contributed by atoms with Gasteiger partial charge in [0.2, 0.25) is 0 Å². The van der Waals surface area contributed by atoms with E-state index in [-0.39, 0.29) is 11.6 Å². The average molecular weight is 338 g/mol. The number of aromatic amines is 1. The fourth-order valence-corrected chi connectivity index (χ4v) is 2.45. The number of rotatable bonds is 3. The summed E-state index contributed by atoms with van der Waals surface area (Å²) < 4.78 is 23.4. The third kappa shape index (κ3) is 2.94. The van der Waals surface area contributed by atoms with Crippen LogP contribution in [0.1, 0.15) is 10.6 Å². The van der Waals surface area contributed by atoms with Crippen LogP contribution in [-0.2, 0) is 0 Å². The highest BCUT2D eigenvalue weighted by atomic mass is 19.1. The molecule has 0 unspecified atom stereocenters. The van der Waals surface area contributed by atoms with Crippen molar-refractivity contribution in [1.29, 1.82) is 0 Å². The normalized spacial score (nSPS) is 10.9. The fourth-order valence-electron chi connectivity index (χ4n) is 2.45. The average Bonchev–Trinajstić information content (AvgIpc) is 3.21. The van der Waals surface area contributed by atoms with Crippen LogP contribution in [0.4, 0.5) is 10.1 Å². The molecule has 4 rings (SSSR count). The lowest BCUT2D eigenvalue weighted by Crippen LogP contribution is -2.10. The molecular formula is C18H11FN2O4. The summed E-state index contributed by atoms with van der Waals surface area (Å²) in [6.45, 7) is 0. The first-order valence-corrected chi connectivity index (χ1v) is 7.38. The van der Waals surface area contributed by atoms with E-state index in [4.69, 9.17) is 8.83 Å². The van der Waals surface area contributed by atoms with Gasteiger partial charge in [-0.25, -0.2) is 9.18 Å². The molecule has 4 aromatic rings. The molecule has 0 fully saturated rings. The summed E-state index contributed by atoms with van der Waals surface area (Å²) >= 11 is 0. The van der Waals surface area contributed by atoms with E-state index in [9.17, 15) is 14.0 Å². The van der Waals surface area contributed by atoms with Gasteiger partial charge in [0.05, 0.1) is 5.52 Å². The Hall–Kier alpha value is -3.61. The van der Waals surface area contributed by atoms with Gasteiger partial charge in [-0.2, -0.15) is 0 Å². The van der Waals surface area contributed by atoms with Gasteiger partial charge in [-0.15, -0.1) is 0 Å². The van der Waals surface area contributed by atoms with Crippen LogP contribution < -0.4 is 11.1 Å². The molecule has 2 aromatic heterocycles. The number of oxazole rings is 1. The number of hydrogen-bond donors (Lipinski definition) is 2. The number of hydrogen-bond acceptors (Lipinski definition) is 4. The van der Waals surface area contributed by atoms with E-state index in [1.165, 1.54) is 18.2 Å². The summed E-state index contributed by atoms with van der Waals surface area (Å²) in [7, 11) is 0. The highest BCUT2D eigenvalue weighted by molar-refractivity contribution is 6.03. The smallest absolute Gasteiger partial charge is 0.417 e. The first-order valence-electron chi connectivity index (χ1n) is 7.38. The number of halogens is 1. The van der Waals surface area contributed by atoms with E-state index in [0.29, 0.717) is 28.1 Å². The monoisotopic (exact) mass is 338 g/mol. The van der Waals surface area contributed by atoms with Crippen LogP contribution in [0.3, 0.4) is 0 Å². The Labute approximate surface area is 139 Å². The zero-order valence-corrected chi connectivity index (χ0v) is 12.7. The maximum Gasteiger partial charge on any atom is 0.417 e. The molecule has 0 aliphatic carbocycles. The largest absolute Gasteiger partial charge is 0.451 e. The first-order chi connectivity index (χ1) is 12.1. The lowest BCUT2D eigenvalue weighted by Gasteiger charge is -2.03. The molecule has 0 atom stereocenters. The van der Waals surface area contributed by atoms with Crippen molar-refractivity contribution in [3.63, 3.8) is 0 Å². The van der Waals surface area contributed by atoms with E-state index in [0.717, 1.165) is 0 Å². The van der Waals surface area contributed by atoms with Crippen molar-refractivity contribution in [2.45, 2.75) is 0 Å². The van der Waals surface area contributed by atoms with E-state index in [1.54, 1.807) is 36.4 Å². The third-order valence-corrected chi connectivity index (χ3v) is 3.64. The van der Waals surface area contributed by atoms with Gasteiger partial charge in [0.15, 0.2) is 11.3 Å². The zero-order valence-electron chi connectivity index (χ0n) is 12.7. The third-order valence-electron chi connectivity index (χ3n) is 3.64. The number of carbonyl (C=O) groups is 1. The highest BCUT2D eigenvalue weighted by Crippen LogP contribution is 2.23. The molecule has 0 radical (unpaired) electrons. The topological polar surface area (TPSA) is 88.2 Å². The van der Waals surface area contributed by atoms with E-state index < -0.39 is 11.7 Å². The number of nitrogens with one attached hydrogen (secondary N) is 2. The summed E-state index contributed by atoms with van der Waals surface area (Å²) in [5, 5.41) is 2.68. The lowest BCUT2D eigenvalue weighted by molar-refractivity contribution is 0.0997. The van der Waals surface area contributed by atoms with Gasteiger partial charge in [-0.3, -0.25) is 9.78 Å². The van der Waals surface area contributed by atoms with Crippen molar-refractivity contribution >= 4 is 22.7 Å². The number of aromatic nitrogens is 1. The molecule has 0 saturated heterocycles. The molecule has 25 heavy (non-hydrogen) atoms. The summed E-state index contributed by atoms with van der Waals surface area (Å²) in [5.74, 6) is -0.784. The van der Waals surface area contributed by atoms with Crippen LogP contribution >= 0.6 is 0 Å². The van der Waals surface area contributed by atoms with Crippen molar-refractivity contribution in [1.82, 2.24) is 4.98 Å². The van der Waals surface area contributed by atoms with Crippen molar-refractivity contribution in [3.8, 4) is 11.3 Å². The Kier molecular flexibility index (Phi) is 3.46. The molecule has 124 valence electrons. The van der Waals surface area contributed by atoms with Crippen LogP contribution in [0.15, 0.2) is 68.2 Å². The van der Waals surface area contributed by atoms with Crippen LogP contribution in [0.25, 0.3) is 22.4 Å².